The summed E-state index contributed by atoms with van der Waals surface area (Å²) < 4.78 is 0. The quantitative estimate of drug-likeness (QED) is 0.847. The van der Waals surface area contributed by atoms with Crippen LogP contribution in [0.5, 0.6) is 0 Å². The van der Waals surface area contributed by atoms with Crippen molar-refractivity contribution in [2.24, 2.45) is 5.92 Å². The smallest absolute Gasteiger partial charge is 0.0766 e. The molecule has 1 aromatic carbocycles. The Morgan fingerprint density at radius 3 is 2.55 bits per heavy atom. The van der Waals surface area contributed by atoms with Crippen LogP contribution in [0.3, 0.4) is 0 Å². The topological polar surface area (TPSA) is 35.8 Å². The third-order valence-corrected chi connectivity index (χ3v) is 4.62. The van der Waals surface area contributed by atoms with Gasteiger partial charge in [0.15, 0.2) is 0 Å². The first-order valence-corrected chi connectivity index (χ1v) is 7.83. The Bertz CT molecular complexity index is 467. The molecule has 2 rings (SSSR count). The molecule has 1 fully saturated rings. The highest BCUT2D eigenvalue weighted by atomic mass is 14.9. The molecule has 0 aliphatic heterocycles. The summed E-state index contributed by atoms with van der Waals surface area (Å²) in [5.41, 5.74) is 1.86. The van der Waals surface area contributed by atoms with E-state index in [9.17, 15) is 0 Å². The Morgan fingerprint density at radius 1 is 1.25 bits per heavy atom. The molecule has 0 saturated heterocycles. The van der Waals surface area contributed by atoms with Crippen LogP contribution in [0, 0.1) is 17.2 Å². The lowest BCUT2D eigenvalue weighted by Gasteiger charge is -2.30. The molecule has 0 radical (unpaired) electrons. The molecule has 0 spiro atoms. The Kier molecular flexibility index (Phi) is 4.70. The van der Waals surface area contributed by atoms with Gasteiger partial charge in [-0.1, -0.05) is 38.3 Å². The van der Waals surface area contributed by atoms with Gasteiger partial charge in [0.05, 0.1) is 11.5 Å². The summed E-state index contributed by atoms with van der Waals surface area (Å²) in [7, 11) is 0. The molecule has 0 heterocycles. The van der Waals surface area contributed by atoms with Crippen LogP contribution in [0.2, 0.25) is 0 Å². The third-order valence-electron chi connectivity index (χ3n) is 4.62. The van der Waals surface area contributed by atoms with Gasteiger partial charge in [0, 0.05) is 11.7 Å². The van der Waals surface area contributed by atoms with Crippen molar-refractivity contribution in [3.63, 3.8) is 0 Å². The maximum absolute atomic E-state index is 9.17. The van der Waals surface area contributed by atoms with E-state index in [0.717, 1.165) is 11.5 Å². The number of nitrogens with zero attached hydrogens (tertiary/aromatic N) is 1. The zero-order chi connectivity index (χ0) is 14.6. The zero-order valence-corrected chi connectivity index (χ0v) is 12.9. The molecule has 2 atom stereocenters. The second-order valence-electron chi connectivity index (χ2n) is 6.60. The van der Waals surface area contributed by atoms with Crippen LogP contribution in [0.1, 0.15) is 58.4 Å². The molecule has 108 valence electrons. The highest BCUT2D eigenvalue weighted by molar-refractivity contribution is 5.47. The van der Waals surface area contributed by atoms with Gasteiger partial charge in [0.25, 0.3) is 0 Å². The Hall–Kier alpha value is -1.49. The second-order valence-corrected chi connectivity index (χ2v) is 6.60. The fraction of sp³-hybridized carbons (Fsp3) is 0.611. The summed E-state index contributed by atoms with van der Waals surface area (Å²) in [5.74, 6) is 0.887. The first-order valence-electron chi connectivity index (χ1n) is 7.83. The van der Waals surface area contributed by atoms with Gasteiger partial charge in [-0.3, -0.25) is 0 Å². The number of hydrogen-bond acceptors (Lipinski definition) is 2. The summed E-state index contributed by atoms with van der Waals surface area (Å²) >= 11 is 0. The molecule has 1 N–H and O–H groups in total. The summed E-state index contributed by atoms with van der Waals surface area (Å²) in [5, 5.41) is 12.8. The fourth-order valence-corrected chi connectivity index (χ4v) is 3.08. The van der Waals surface area contributed by atoms with Crippen molar-refractivity contribution in [3.8, 4) is 6.07 Å². The first-order chi connectivity index (χ1) is 9.55. The lowest BCUT2D eigenvalue weighted by Crippen LogP contribution is -2.27. The molecule has 1 saturated carbocycles. The molecule has 2 nitrogen and oxygen atoms in total. The van der Waals surface area contributed by atoms with Crippen molar-refractivity contribution in [2.75, 3.05) is 5.32 Å². The normalized spacial score (nSPS) is 23.1. The molecule has 0 bridgehead atoms. The highest BCUT2D eigenvalue weighted by Crippen LogP contribution is 2.29. The van der Waals surface area contributed by atoms with Gasteiger partial charge in [-0.2, -0.15) is 5.26 Å². The van der Waals surface area contributed by atoms with E-state index in [1.807, 2.05) is 13.8 Å². The van der Waals surface area contributed by atoms with Crippen LogP contribution in [0.4, 0.5) is 5.69 Å². The van der Waals surface area contributed by atoms with E-state index in [1.165, 1.54) is 37.8 Å². The standard InChI is InChI=1S/C18H26N2/c1-4-14-6-5-7-17(12-14)20-16-10-8-15(9-11-16)18(2,3)13-19/h8-11,14,17,20H,4-7,12H2,1-3H3. The van der Waals surface area contributed by atoms with Crippen molar-refractivity contribution in [2.45, 2.75) is 64.3 Å². The van der Waals surface area contributed by atoms with Crippen LogP contribution >= 0.6 is 0 Å². The predicted molar refractivity (Wildman–Crippen MR) is 84.7 cm³/mol. The number of hydrogen-bond donors (Lipinski definition) is 1. The number of nitrogens with one attached hydrogen (secondary N) is 1. The second kappa shape index (κ2) is 6.31. The molecule has 2 heteroatoms. The predicted octanol–water partition coefficient (Wildman–Crippen LogP) is 4.87. The monoisotopic (exact) mass is 270 g/mol. The van der Waals surface area contributed by atoms with Crippen molar-refractivity contribution in [1.29, 1.82) is 5.26 Å². The van der Waals surface area contributed by atoms with E-state index in [-0.39, 0.29) is 0 Å². The van der Waals surface area contributed by atoms with Gasteiger partial charge in [-0.25, -0.2) is 0 Å². The molecule has 0 aromatic heterocycles. The van der Waals surface area contributed by atoms with Crippen molar-refractivity contribution >= 4 is 5.69 Å². The zero-order valence-electron chi connectivity index (χ0n) is 12.9. The first kappa shape index (κ1) is 14.9. The molecular weight excluding hydrogens is 244 g/mol. The van der Waals surface area contributed by atoms with Gasteiger partial charge >= 0.3 is 0 Å². The largest absolute Gasteiger partial charge is 0.382 e. The summed E-state index contributed by atoms with van der Waals surface area (Å²) in [4.78, 5) is 0. The molecule has 1 aromatic rings. The summed E-state index contributed by atoms with van der Waals surface area (Å²) in [6.45, 7) is 6.22. The van der Waals surface area contributed by atoms with Crippen molar-refractivity contribution < 1.29 is 0 Å². The van der Waals surface area contributed by atoms with E-state index in [2.05, 4.69) is 42.6 Å². The van der Waals surface area contributed by atoms with Crippen LogP contribution in [-0.2, 0) is 5.41 Å². The number of nitriles is 1. The van der Waals surface area contributed by atoms with E-state index in [0.29, 0.717) is 6.04 Å². The Morgan fingerprint density at radius 2 is 1.95 bits per heavy atom. The average Bonchev–Trinajstić information content (AvgIpc) is 2.48. The van der Waals surface area contributed by atoms with Crippen molar-refractivity contribution in [1.82, 2.24) is 0 Å². The molecule has 20 heavy (non-hydrogen) atoms. The van der Waals surface area contributed by atoms with Crippen LogP contribution in [0.15, 0.2) is 24.3 Å². The molecule has 0 amide bonds. The SMILES string of the molecule is CCC1CCCC(Nc2ccc(C(C)(C)C#N)cc2)C1. The molecule has 2 unspecified atom stereocenters. The highest BCUT2D eigenvalue weighted by Gasteiger charge is 2.21. The Labute approximate surface area is 123 Å². The number of rotatable bonds is 4. The van der Waals surface area contributed by atoms with Crippen molar-refractivity contribution in [3.05, 3.63) is 29.8 Å². The fourth-order valence-electron chi connectivity index (χ4n) is 3.08. The van der Waals surface area contributed by atoms with E-state index in [4.69, 9.17) is 5.26 Å². The van der Waals surface area contributed by atoms with E-state index in [1.54, 1.807) is 0 Å². The minimum absolute atomic E-state index is 0.406. The maximum atomic E-state index is 9.17. The molecule has 1 aliphatic carbocycles. The minimum Gasteiger partial charge on any atom is -0.382 e. The number of anilines is 1. The lowest BCUT2D eigenvalue weighted by atomic mass is 9.84. The average molecular weight is 270 g/mol. The minimum atomic E-state index is -0.406. The third kappa shape index (κ3) is 3.54. The molecular formula is C18H26N2. The summed E-state index contributed by atoms with van der Waals surface area (Å²) in [6, 6.07) is 11.3. The van der Waals surface area contributed by atoms with E-state index < -0.39 is 5.41 Å². The van der Waals surface area contributed by atoms with Gasteiger partial charge in [0.2, 0.25) is 0 Å². The van der Waals surface area contributed by atoms with Gasteiger partial charge < -0.3 is 5.32 Å². The van der Waals surface area contributed by atoms with E-state index >= 15 is 0 Å². The van der Waals surface area contributed by atoms with Crippen LogP contribution in [0.25, 0.3) is 0 Å². The van der Waals surface area contributed by atoms with Gasteiger partial charge in [0.1, 0.15) is 0 Å². The Balaban J connectivity index is 1.99. The summed E-state index contributed by atoms with van der Waals surface area (Å²) in [6.07, 6.45) is 6.61. The maximum Gasteiger partial charge on any atom is 0.0766 e. The molecule has 1 aliphatic rings. The lowest BCUT2D eigenvalue weighted by molar-refractivity contribution is 0.327. The van der Waals surface area contributed by atoms with Gasteiger partial charge in [-0.15, -0.1) is 0 Å². The van der Waals surface area contributed by atoms with Gasteiger partial charge in [-0.05, 0) is 50.3 Å². The number of benzene rings is 1. The van der Waals surface area contributed by atoms with Crippen LogP contribution in [-0.4, -0.2) is 6.04 Å². The van der Waals surface area contributed by atoms with Crippen LogP contribution < -0.4 is 5.32 Å².